The van der Waals surface area contributed by atoms with Crippen LogP contribution in [0.15, 0.2) is 84.9 Å². The number of methoxy groups -OCH3 is 1. The predicted octanol–water partition coefficient (Wildman–Crippen LogP) is 6.71. The lowest BCUT2D eigenvalue weighted by Gasteiger charge is -2.38. The number of esters is 2. The number of para-hydroxylation sites is 1. The van der Waals surface area contributed by atoms with Crippen LogP contribution in [0.4, 0.5) is 0 Å². The van der Waals surface area contributed by atoms with Crippen molar-refractivity contribution in [1.82, 2.24) is 4.90 Å². The number of likely N-dealkylation sites (tertiary alicyclic amines) is 1. The summed E-state index contributed by atoms with van der Waals surface area (Å²) in [7, 11) is 1.34. The second-order valence-electron chi connectivity index (χ2n) is 11.5. The number of rotatable bonds is 11. The van der Waals surface area contributed by atoms with E-state index in [0.717, 1.165) is 49.7 Å². The van der Waals surface area contributed by atoms with Crippen molar-refractivity contribution < 1.29 is 28.6 Å². The van der Waals surface area contributed by atoms with Gasteiger partial charge in [0, 0.05) is 12.5 Å². The number of ether oxygens (including phenoxy) is 3. The minimum atomic E-state index is -0.687. The highest BCUT2D eigenvalue weighted by Crippen LogP contribution is 2.33. The molecule has 2 aliphatic rings. The summed E-state index contributed by atoms with van der Waals surface area (Å²) in [5.74, 6) is -0.220. The van der Waals surface area contributed by atoms with Crippen LogP contribution in [-0.4, -0.2) is 48.5 Å². The largest absolute Gasteiger partial charge is 0.480 e. The molecule has 7 nitrogen and oxygen atoms in total. The zero-order chi connectivity index (χ0) is 30.0. The molecule has 1 saturated heterocycles. The number of carbonyl (C=O) groups excluding carboxylic acids is 3. The van der Waals surface area contributed by atoms with Gasteiger partial charge in [-0.05, 0) is 80.3 Å². The maximum absolute atomic E-state index is 14.2. The average Bonchev–Trinajstić information content (AvgIpc) is 3.60. The van der Waals surface area contributed by atoms with Crippen LogP contribution in [-0.2, 0) is 25.5 Å². The number of hydrogen-bond donors (Lipinski definition) is 0. The summed E-state index contributed by atoms with van der Waals surface area (Å²) in [6, 6.07) is 25.8. The van der Waals surface area contributed by atoms with Gasteiger partial charge in [0.1, 0.15) is 17.9 Å². The van der Waals surface area contributed by atoms with Crippen molar-refractivity contribution in [3.8, 4) is 5.75 Å². The summed E-state index contributed by atoms with van der Waals surface area (Å²) in [5.41, 5.74) is 2.24. The number of aryl methyl sites for hydroxylation is 1. The molecule has 0 radical (unpaired) electrons. The molecule has 1 aliphatic heterocycles. The van der Waals surface area contributed by atoms with E-state index in [2.05, 4.69) is 0 Å². The molecule has 43 heavy (non-hydrogen) atoms. The molecule has 1 heterocycles. The van der Waals surface area contributed by atoms with Crippen LogP contribution in [0.3, 0.4) is 0 Å². The highest BCUT2D eigenvalue weighted by molar-refractivity contribution is 5.90. The molecule has 3 aromatic rings. The van der Waals surface area contributed by atoms with Crippen LogP contribution >= 0.6 is 0 Å². The number of benzene rings is 3. The van der Waals surface area contributed by atoms with Gasteiger partial charge in [-0.1, -0.05) is 73.5 Å². The fourth-order valence-corrected chi connectivity index (χ4v) is 6.30. The quantitative estimate of drug-likeness (QED) is 0.234. The first-order valence-corrected chi connectivity index (χ1v) is 15.5. The molecular formula is C36H41NO6. The summed E-state index contributed by atoms with van der Waals surface area (Å²) >= 11 is 0. The molecule has 1 amide bonds. The lowest BCUT2D eigenvalue weighted by atomic mass is 9.95. The van der Waals surface area contributed by atoms with E-state index in [9.17, 15) is 14.4 Å². The Kier molecular flexibility index (Phi) is 10.5. The van der Waals surface area contributed by atoms with Crippen LogP contribution in [0, 0.1) is 5.92 Å². The van der Waals surface area contributed by atoms with Crippen molar-refractivity contribution in [3.05, 3.63) is 102 Å². The molecule has 0 spiro atoms. The van der Waals surface area contributed by atoms with Crippen molar-refractivity contribution in [2.24, 2.45) is 5.92 Å². The van der Waals surface area contributed by atoms with E-state index >= 15 is 0 Å². The normalized spacial score (nSPS) is 18.4. The highest BCUT2D eigenvalue weighted by atomic mass is 16.5. The second kappa shape index (κ2) is 14.9. The van der Waals surface area contributed by atoms with E-state index in [0.29, 0.717) is 37.1 Å². The van der Waals surface area contributed by atoms with E-state index in [4.69, 9.17) is 14.2 Å². The topological polar surface area (TPSA) is 82.1 Å². The summed E-state index contributed by atoms with van der Waals surface area (Å²) in [6.07, 6.45) is 6.21. The van der Waals surface area contributed by atoms with Crippen molar-refractivity contribution in [2.45, 2.75) is 76.0 Å². The van der Waals surface area contributed by atoms with Crippen molar-refractivity contribution in [3.63, 3.8) is 0 Å². The smallest absolute Gasteiger partial charge is 0.337 e. The molecule has 0 N–H and O–H groups in total. The first-order valence-electron chi connectivity index (χ1n) is 15.5. The van der Waals surface area contributed by atoms with E-state index in [1.54, 1.807) is 23.1 Å². The van der Waals surface area contributed by atoms with Crippen molar-refractivity contribution in [2.75, 3.05) is 13.7 Å². The highest BCUT2D eigenvalue weighted by Gasteiger charge is 2.41. The van der Waals surface area contributed by atoms with E-state index in [-0.39, 0.29) is 11.8 Å². The molecule has 2 fully saturated rings. The van der Waals surface area contributed by atoms with Crippen LogP contribution in [0.5, 0.6) is 5.75 Å². The Balaban J connectivity index is 1.37. The van der Waals surface area contributed by atoms with Gasteiger partial charge in [0.15, 0.2) is 6.10 Å². The summed E-state index contributed by atoms with van der Waals surface area (Å²) < 4.78 is 17.5. The molecule has 1 saturated carbocycles. The van der Waals surface area contributed by atoms with Crippen LogP contribution in [0.1, 0.15) is 79.0 Å². The molecule has 3 atom stereocenters. The van der Waals surface area contributed by atoms with Gasteiger partial charge in [0.25, 0.3) is 5.91 Å². The molecular weight excluding hydrogens is 542 g/mol. The maximum atomic E-state index is 14.2. The lowest BCUT2D eigenvalue weighted by molar-refractivity contribution is -0.165. The number of carbonyl (C=O) groups is 3. The average molecular weight is 584 g/mol. The Hall–Kier alpha value is -4.13. The molecule has 1 aliphatic carbocycles. The lowest BCUT2D eigenvalue weighted by Crippen LogP contribution is -2.54. The van der Waals surface area contributed by atoms with Crippen LogP contribution in [0.2, 0.25) is 0 Å². The Morgan fingerprint density at radius 3 is 2.26 bits per heavy atom. The fourth-order valence-electron chi connectivity index (χ4n) is 6.30. The first-order chi connectivity index (χ1) is 21.0. The maximum Gasteiger partial charge on any atom is 0.337 e. The Morgan fingerprint density at radius 1 is 0.837 bits per heavy atom. The number of amides is 1. The molecule has 3 aromatic carbocycles. The fraction of sp³-hybridized carbons (Fsp3) is 0.417. The van der Waals surface area contributed by atoms with Gasteiger partial charge in [-0.3, -0.25) is 4.79 Å². The molecule has 7 heteroatoms. The minimum Gasteiger partial charge on any atom is -0.480 e. The molecule has 0 bridgehead atoms. The van der Waals surface area contributed by atoms with Crippen LogP contribution in [0.25, 0.3) is 0 Å². The Bertz CT molecular complexity index is 1350. The predicted molar refractivity (Wildman–Crippen MR) is 164 cm³/mol. The van der Waals surface area contributed by atoms with Gasteiger partial charge in [-0.2, -0.15) is 0 Å². The van der Waals surface area contributed by atoms with Gasteiger partial charge < -0.3 is 19.1 Å². The third-order valence-corrected chi connectivity index (χ3v) is 8.61. The minimum absolute atomic E-state index is 0.117. The summed E-state index contributed by atoms with van der Waals surface area (Å²) in [6.45, 7) is 0.493. The van der Waals surface area contributed by atoms with Gasteiger partial charge in [0.2, 0.25) is 0 Å². The summed E-state index contributed by atoms with van der Waals surface area (Å²) in [4.78, 5) is 42.1. The van der Waals surface area contributed by atoms with E-state index < -0.39 is 30.2 Å². The third-order valence-electron chi connectivity index (χ3n) is 8.61. The first kappa shape index (κ1) is 30.3. The SMILES string of the molecule is COC(=O)c1cccc(C(CCc2ccccc2)OC(=O)[C@@H]2CCCCN2C(=O)C(Oc2ccccc2)C2CCCC2)c1. The van der Waals surface area contributed by atoms with Gasteiger partial charge >= 0.3 is 11.9 Å². The standard InChI is InChI=1S/C36H41NO6/c1-41-35(39)29-18-12-17-28(25-29)32(23-22-26-13-4-2-5-14-26)43-36(40)31-21-10-11-24-37(31)34(38)33(27-15-8-9-16-27)42-30-19-6-3-7-20-30/h2-7,12-14,17-20,25,27,31-33H,8-11,15-16,21-24H2,1H3/t31-,32?,33?/m0/s1. The van der Waals surface area contributed by atoms with Gasteiger partial charge in [0.05, 0.1) is 12.7 Å². The zero-order valence-electron chi connectivity index (χ0n) is 24.9. The zero-order valence-corrected chi connectivity index (χ0v) is 24.9. The molecule has 5 rings (SSSR count). The van der Waals surface area contributed by atoms with Gasteiger partial charge in [-0.25, -0.2) is 9.59 Å². The second-order valence-corrected chi connectivity index (χ2v) is 11.5. The molecule has 2 unspecified atom stereocenters. The summed E-state index contributed by atoms with van der Waals surface area (Å²) in [5, 5.41) is 0. The number of hydrogen-bond acceptors (Lipinski definition) is 6. The molecule has 226 valence electrons. The third kappa shape index (κ3) is 7.83. The van der Waals surface area contributed by atoms with E-state index in [1.807, 2.05) is 66.7 Å². The van der Waals surface area contributed by atoms with Gasteiger partial charge in [-0.15, -0.1) is 0 Å². The van der Waals surface area contributed by atoms with E-state index in [1.165, 1.54) is 7.11 Å². The molecule has 0 aromatic heterocycles. The number of piperidine rings is 1. The van der Waals surface area contributed by atoms with Crippen molar-refractivity contribution >= 4 is 17.8 Å². The number of nitrogens with zero attached hydrogens (tertiary/aromatic N) is 1. The Morgan fingerprint density at radius 2 is 1.53 bits per heavy atom. The van der Waals surface area contributed by atoms with Crippen LogP contribution < -0.4 is 4.74 Å². The Labute approximate surface area is 254 Å². The monoisotopic (exact) mass is 583 g/mol. The van der Waals surface area contributed by atoms with Crippen molar-refractivity contribution in [1.29, 1.82) is 0 Å².